The molecule has 4 heteroatoms. The molecule has 2 nitrogen and oxygen atoms in total. The summed E-state index contributed by atoms with van der Waals surface area (Å²) in [4.78, 5) is 0. The fraction of sp³-hybridized carbons (Fsp3) is 0.500. The Kier molecular flexibility index (Phi) is 5.96. The van der Waals surface area contributed by atoms with E-state index in [-0.39, 0.29) is 6.10 Å². The Morgan fingerprint density at radius 1 is 1.38 bits per heavy atom. The van der Waals surface area contributed by atoms with Crippen LogP contribution in [0, 0.1) is 0 Å². The Morgan fingerprint density at radius 3 is 2.81 bits per heavy atom. The van der Waals surface area contributed by atoms with E-state index in [1.807, 2.05) is 26.1 Å². The largest absolute Gasteiger partial charge is 0.489 e. The summed E-state index contributed by atoms with van der Waals surface area (Å²) < 4.78 is 5.73. The molecule has 1 N–H and O–H groups in total. The zero-order chi connectivity index (χ0) is 12.0. The van der Waals surface area contributed by atoms with Gasteiger partial charge in [-0.2, -0.15) is 0 Å². The standard InChI is InChI=1S/C12H17Cl2NO/c1-9(5-4-8-15-2)16-11-7-3-6-10(13)12(11)14/h3,6-7,9,15H,4-5,8H2,1-2H3. The first kappa shape index (κ1) is 13.6. The van der Waals surface area contributed by atoms with Crippen LogP contribution in [0.5, 0.6) is 5.75 Å². The summed E-state index contributed by atoms with van der Waals surface area (Å²) in [6, 6.07) is 5.43. The van der Waals surface area contributed by atoms with Gasteiger partial charge in [-0.1, -0.05) is 29.3 Å². The highest BCUT2D eigenvalue weighted by Gasteiger charge is 2.09. The van der Waals surface area contributed by atoms with Crippen LogP contribution in [-0.4, -0.2) is 19.7 Å². The Balaban J connectivity index is 2.49. The molecule has 0 bridgehead atoms. The number of halogens is 2. The van der Waals surface area contributed by atoms with Gasteiger partial charge in [-0.05, 0) is 45.5 Å². The van der Waals surface area contributed by atoms with Gasteiger partial charge in [0, 0.05) is 0 Å². The van der Waals surface area contributed by atoms with Crippen LogP contribution in [0.2, 0.25) is 10.0 Å². The molecule has 0 aromatic heterocycles. The minimum atomic E-state index is 0.143. The average Bonchev–Trinajstić information content (AvgIpc) is 2.25. The van der Waals surface area contributed by atoms with Crippen LogP contribution >= 0.6 is 23.2 Å². The van der Waals surface area contributed by atoms with Crippen LogP contribution in [-0.2, 0) is 0 Å². The molecule has 0 amide bonds. The fourth-order valence-corrected chi connectivity index (χ4v) is 1.75. The highest BCUT2D eigenvalue weighted by molar-refractivity contribution is 6.42. The second kappa shape index (κ2) is 7.00. The topological polar surface area (TPSA) is 21.3 Å². The number of ether oxygens (including phenoxy) is 1. The molecule has 16 heavy (non-hydrogen) atoms. The van der Waals surface area contributed by atoms with Gasteiger partial charge in [0.25, 0.3) is 0 Å². The van der Waals surface area contributed by atoms with Gasteiger partial charge in [-0.25, -0.2) is 0 Å². The molecule has 1 atom stereocenters. The lowest BCUT2D eigenvalue weighted by molar-refractivity contribution is 0.208. The summed E-state index contributed by atoms with van der Waals surface area (Å²) in [5.74, 6) is 0.658. The smallest absolute Gasteiger partial charge is 0.139 e. The molecule has 0 fully saturated rings. The molecule has 0 saturated carbocycles. The van der Waals surface area contributed by atoms with Crippen LogP contribution < -0.4 is 10.1 Å². The first-order valence-electron chi connectivity index (χ1n) is 5.40. The highest BCUT2D eigenvalue weighted by Crippen LogP contribution is 2.32. The van der Waals surface area contributed by atoms with Crippen molar-refractivity contribution < 1.29 is 4.74 Å². The molecule has 1 unspecified atom stereocenters. The minimum absolute atomic E-state index is 0.143. The van der Waals surface area contributed by atoms with Gasteiger partial charge in [0.15, 0.2) is 0 Å². The molecule has 0 aliphatic carbocycles. The van der Waals surface area contributed by atoms with Crippen molar-refractivity contribution in [3.63, 3.8) is 0 Å². The van der Waals surface area contributed by atoms with Crippen LogP contribution in [0.4, 0.5) is 0 Å². The molecule has 0 spiro atoms. The summed E-state index contributed by atoms with van der Waals surface area (Å²) in [5.41, 5.74) is 0. The van der Waals surface area contributed by atoms with Gasteiger partial charge in [-0.3, -0.25) is 0 Å². The Morgan fingerprint density at radius 2 is 2.12 bits per heavy atom. The third kappa shape index (κ3) is 4.20. The minimum Gasteiger partial charge on any atom is -0.489 e. The van der Waals surface area contributed by atoms with Crippen molar-refractivity contribution in [2.45, 2.75) is 25.9 Å². The van der Waals surface area contributed by atoms with E-state index in [9.17, 15) is 0 Å². The molecule has 0 heterocycles. The van der Waals surface area contributed by atoms with Crippen molar-refractivity contribution in [3.8, 4) is 5.75 Å². The van der Waals surface area contributed by atoms with Crippen LogP contribution in [0.15, 0.2) is 18.2 Å². The van der Waals surface area contributed by atoms with E-state index in [0.29, 0.717) is 15.8 Å². The zero-order valence-electron chi connectivity index (χ0n) is 9.59. The van der Waals surface area contributed by atoms with E-state index in [0.717, 1.165) is 19.4 Å². The Labute approximate surface area is 107 Å². The molecular weight excluding hydrogens is 245 g/mol. The van der Waals surface area contributed by atoms with E-state index >= 15 is 0 Å². The van der Waals surface area contributed by atoms with Gasteiger partial charge in [0.05, 0.1) is 11.1 Å². The quantitative estimate of drug-likeness (QED) is 0.788. The molecule has 0 radical (unpaired) electrons. The molecular formula is C12H17Cl2NO. The zero-order valence-corrected chi connectivity index (χ0v) is 11.1. The number of nitrogens with one attached hydrogen (secondary N) is 1. The van der Waals surface area contributed by atoms with Crippen LogP contribution in [0.1, 0.15) is 19.8 Å². The highest BCUT2D eigenvalue weighted by atomic mass is 35.5. The fourth-order valence-electron chi connectivity index (χ4n) is 1.42. The average molecular weight is 262 g/mol. The molecule has 1 aromatic rings. The lowest BCUT2D eigenvalue weighted by Gasteiger charge is -2.15. The summed E-state index contributed by atoms with van der Waals surface area (Å²) in [6.07, 6.45) is 2.21. The first-order chi connectivity index (χ1) is 7.65. The van der Waals surface area contributed by atoms with E-state index in [1.165, 1.54) is 0 Å². The predicted octanol–water partition coefficient (Wildman–Crippen LogP) is 3.76. The SMILES string of the molecule is CNCCCC(C)Oc1cccc(Cl)c1Cl. The second-order valence-corrected chi connectivity index (χ2v) is 4.51. The first-order valence-corrected chi connectivity index (χ1v) is 6.16. The molecule has 0 aliphatic heterocycles. The van der Waals surface area contributed by atoms with Gasteiger partial charge in [-0.15, -0.1) is 0 Å². The van der Waals surface area contributed by atoms with Crippen molar-refractivity contribution >= 4 is 23.2 Å². The number of hydrogen-bond acceptors (Lipinski definition) is 2. The molecule has 1 rings (SSSR count). The Bertz CT molecular complexity index is 331. The number of hydrogen-bond donors (Lipinski definition) is 1. The monoisotopic (exact) mass is 261 g/mol. The van der Waals surface area contributed by atoms with E-state index in [1.54, 1.807) is 6.07 Å². The van der Waals surface area contributed by atoms with Gasteiger partial charge < -0.3 is 10.1 Å². The lowest BCUT2D eigenvalue weighted by atomic mass is 10.2. The third-order valence-corrected chi connectivity index (χ3v) is 3.08. The van der Waals surface area contributed by atoms with Gasteiger partial charge >= 0.3 is 0 Å². The Hall–Kier alpha value is -0.440. The van der Waals surface area contributed by atoms with E-state index in [2.05, 4.69) is 5.32 Å². The number of rotatable bonds is 6. The maximum absolute atomic E-state index is 6.03. The number of benzene rings is 1. The predicted molar refractivity (Wildman–Crippen MR) is 69.7 cm³/mol. The van der Waals surface area contributed by atoms with E-state index < -0.39 is 0 Å². The summed E-state index contributed by atoms with van der Waals surface area (Å²) in [5, 5.41) is 4.12. The summed E-state index contributed by atoms with van der Waals surface area (Å²) in [7, 11) is 1.94. The van der Waals surface area contributed by atoms with Crippen molar-refractivity contribution in [3.05, 3.63) is 28.2 Å². The second-order valence-electron chi connectivity index (χ2n) is 3.73. The maximum atomic E-state index is 6.03. The third-order valence-electron chi connectivity index (χ3n) is 2.28. The van der Waals surface area contributed by atoms with Gasteiger partial charge in [0.1, 0.15) is 10.8 Å². The summed E-state index contributed by atoms with van der Waals surface area (Å²) in [6.45, 7) is 3.03. The van der Waals surface area contributed by atoms with Crippen molar-refractivity contribution in [1.29, 1.82) is 0 Å². The van der Waals surface area contributed by atoms with Crippen molar-refractivity contribution in [2.75, 3.05) is 13.6 Å². The van der Waals surface area contributed by atoms with Crippen LogP contribution in [0.25, 0.3) is 0 Å². The van der Waals surface area contributed by atoms with E-state index in [4.69, 9.17) is 27.9 Å². The van der Waals surface area contributed by atoms with Gasteiger partial charge in [0.2, 0.25) is 0 Å². The van der Waals surface area contributed by atoms with Crippen molar-refractivity contribution in [2.24, 2.45) is 0 Å². The molecule has 1 aromatic carbocycles. The molecule has 90 valence electrons. The molecule has 0 aliphatic rings. The molecule has 0 saturated heterocycles. The maximum Gasteiger partial charge on any atom is 0.139 e. The van der Waals surface area contributed by atoms with Crippen molar-refractivity contribution in [1.82, 2.24) is 5.32 Å². The van der Waals surface area contributed by atoms with Crippen LogP contribution in [0.3, 0.4) is 0 Å². The normalized spacial score (nSPS) is 12.5. The lowest BCUT2D eigenvalue weighted by Crippen LogP contribution is -2.15. The summed E-state index contributed by atoms with van der Waals surface area (Å²) >= 11 is 11.9.